The Morgan fingerprint density at radius 3 is 2.40 bits per heavy atom. The average Bonchev–Trinajstić information content (AvgIpc) is 3.26. The molecule has 5 heteroatoms. The molecule has 20 heavy (non-hydrogen) atoms. The Labute approximate surface area is 116 Å². The normalized spacial score (nSPS) is 27.8. The van der Waals surface area contributed by atoms with Crippen LogP contribution in [-0.2, 0) is 0 Å². The van der Waals surface area contributed by atoms with Crippen LogP contribution in [0.4, 0.5) is 13.2 Å². The van der Waals surface area contributed by atoms with Gasteiger partial charge in [-0.05, 0) is 50.8 Å². The van der Waals surface area contributed by atoms with E-state index in [4.69, 9.17) is 5.73 Å². The van der Waals surface area contributed by atoms with E-state index >= 15 is 0 Å². The van der Waals surface area contributed by atoms with Crippen LogP contribution < -0.4 is 5.73 Å². The van der Waals surface area contributed by atoms with Crippen LogP contribution in [-0.4, -0.2) is 24.0 Å². The van der Waals surface area contributed by atoms with Crippen LogP contribution in [0.2, 0.25) is 0 Å². The van der Waals surface area contributed by atoms with Crippen molar-refractivity contribution in [3.05, 3.63) is 35.1 Å². The van der Waals surface area contributed by atoms with Gasteiger partial charge >= 0.3 is 0 Å². The number of piperidine rings is 1. The number of nitrogens with zero attached hydrogens (tertiary/aromatic N) is 1. The minimum atomic E-state index is -1.13. The van der Waals surface area contributed by atoms with Gasteiger partial charge in [0, 0.05) is 23.7 Å². The second-order valence-electron chi connectivity index (χ2n) is 5.84. The molecule has 0 bridgehead atoms. The van der Waals surface area contributed by atoms with Crippen molar-refractivity contribution < 1.29 is 13.2 Å². The molecule has 3 rings (SSSR count). The number of rotatable bonds is 3. The molecule has 2 atom stereocenters. The predicted octanol–water partition coefficient (Wildman–Crippen LogP) is 2.98. The minimum absolute atomic E-state index is 0.101. The molecule has 1 aliphatic heterocycles. The summed E-state index contributed by atoms with van der Waals surface area (Å²) in [6.07, 6.45) is 4.13. The highest BCUT2D eigenvalue weighted by Gasteiger charge is 2.41. The van der Waals surface area contributed by atoms with Gasteiger partial charge in [0.05, 0.1) is 0 Å². The van der Waals surface area contributed by atoms with E-state index in [0.717, 1.165) is 38.3 Å². The zero-order valence-electron chi connectivity index (χ0n) is 11.3. The van der Waals surface area contributed by atoms with Crippen LogP contribution in [0.5, 0.6) is 0 Å². The highest BCUT2D eigenvalue weighted by molar-refractivity contribution is 5.25. The Balaban J connectivity index is 2.00. The Hall–Kier alpha value is -1.07. The molecule has 2 unspecified atom stereocenters. The Bertz CT molecular complexity index is 502. The SMILES string of the molecule is NCC1CCCN(C2CC2)C1c1cc(F)c(F)cc1F. The van der Waals surface area contributed by atoms with E-state index in [2.05, 4.69) is 4.90 Å². The quantitative estimate of drug-likeness (QED) is 0.865. The molecule has 1 aliphatic carbocycles. The van der Waals surface area contributed by atoms with Crippen LogP contribution in [0.3, 0.4) is 0 Å². The van der Waals surface area contributed by atoms with Crippen molar-refractivity contribution in [1.82, 2.24) is 4.90 Å². The van der Waals surface area contributed by atoms with Gasteiger partial charge < -0.3 is 5.73 Å². The number of halogens is 3. The first-order valence-electron chi connectivity index (χ1n) is 7.22. The summed E-state index contributed by atoms with van der Waals surface area (Å²) >= 11 is 0. The molecule has 0 spiro atoms. The molecule has 2 nitrogen and oxygen atoms in total. The molecule has 1 aromatic rings. The molecule has 2 aliphatic rings. The lowest BCUT2D eigenvalue weighted by Crippen LogP contribution is -2.43. The van der Waals surface area contributed by atoms with Crippen molar-refractivity contribution >= 4 is 0 Å². The van der Waals surface area contributed by atoms with Gasteiger partial charge in [-0.25, -0.2) is 13.2 Å². The van der Waals surface area contributed by atoms with E-state index in [0.29, 0.717) is 18.7 Å². The van der Waals surface area contributed by atoms with E-state index in [-0.39, 0.29) is 17.5 Å². The summed E-state index contributed by atoms with van der Waals surface area (Å²) in [7, 11) is 0. The maximum Gasteiger partial charge on any atom is 0.161 e. The van der Waals surface area contributed by atoms with Crippen LogP contribution in [0.15, 0.2) is 12.1 Å². The van der Waals surface area contributed by atoms with Crippen molar-refractivity contribution in [2.45, 2.75) is 37.8 Å². The summed E-state index contributed by atoms with van der Waals surface area (Å²) < 4.78 is 40.7. The zero-order valence-corrected chi connectivity index (χ0v) is 11.3. The molecule has 0 aromatic heterocycles. The van der Waals surface area contributed by atoms with Gasteiger partial charge in [0.25, 0.3) is 0 Å². The first-order chi connectivity index (χ1) is 9.61. The van der Waals surface area contributed by atoms with Gasteiger partial charge in [-0.3, -0.25) is 4.90 Å². The Morgan fingerprint density at radius 1 is 1.05 bits per heavy atom. The summed E-state index contributed by atoms with van der Waals surface area (Å²) in [4.78, 5) is 2.23. The predicted molar refractivity (Wildman–Crippen MR) is 70.6 cm³/mol. The van der Waals surface area contributed by atoms with E-state index in [1.165, 1.54) is 0 Å². The van der Waals surface area contributed by atoms with Gasteiger partial charge in [-0.15, -0.1) is 0 Å². The highest BCUT2D eigenvalue weighted by atomic mass is 19.2. The lowest BCUT2D eigenvalue weighted by Gasteiger charge is -2.41. The van der Waals surface area contributed by atoms with Crippen molar-refractivity contribution in [3.8, 4) is 0 Å². The van der Waals surface area contributed by atoms with Crippen LogP contribution in [0.1, 0.15) is 37.3 Å². The minimum Gasteiger partial charge on any atom is -0.330 e. The van der Waals surface area contributed by atoms with Gasteiger partial charge in [-0.1, -0.05) is 0 Å². The maximum atomic E-state index is 14.1. The fraction of sp³-hybridized carbons (Fsp3) is 0.600. The Kier molecular flexibility index (Phi) is 3.73. The Morgan fingerprint density at radius 2 is 1.75 bits per heavy atom. The molecule has 2 fully saturated rings. The summed E-state index contributed by atoms with van der Waals surface area (Å²) in [5, 5.41) is 0. The van der Waals surface area contributed by atoms with Crippen LogP contribution >= 0.6 is 0 Å². The van der Waals surface area contributed by atoms with Gasteiger partial charge in [-0.2, -0.15) is 0 Å². The third-order valence-corrected chi connectivity index (χ3v) is 4.47. The highest BCUT2D eigenvalue weighted by Crippen LogP contribution is 2.43. The van der Waals surface area contributed by atoms with E-state index < -0.39 is 17.5 Å². The lowest BCUT2D eigenvalue weighted by molar-refractivity contribution is 0.0849. The number of nitrogens with two attached hydrogens (primary N) is 1. The number of hydrogen-bond donors (Lipinski definition) is 1. The molecule has 1 aromatic carbocycles. The van der Waals surface area contributed by atoms with Gasteiger partial charge in [0.15, 0.2) is 11.6 Å². The molecule has 2 N–H and O–H groups in total. The van der Waals surface area contributed by atoms with Gasteiger partial charge in [0.2, 0.25) is 0 Å². The van der Waals surface area contributed by atoms with Crippen molar-refractivity contribution in [2.24, 2.45) is 11.7 Å². The smallest absolute Gasteiger partial charge is 0.161 e. The molecule has 0 amide bonds. The maximum absolute atomic E-state index is 14.1. The third-order valence-electron chi connectivity index (χ3n) is 4.47. The third kappa shape index (κ3) is 2.44. The molecule has 1 saturated heterocycles. The van der Waals surface area contributed by atoms with E-state index in [1.54, 1.807) is 0 Å². The molecular formula is C15H19F3N2. The van der Waals surface area contributed by atoms with Crippen LogP contribution in [0, 0.1) is 23.4 Å². The fourth-order valence-electron chi connectivity index (χ4n) is 3.36. The molecule has 1 saturated carbocycles. The second-order valence-corrected chi connectivity index (χ2v) is 5.84. The number of benzene rings is 1. The number of likely N-dealkylation sites (tertiary alicyclic amines) is 1. The standard InChI is InChI=1S/C15H19F3N2/c16-12-7-14(18)13(17)6-11(12)15-9(8-19)2-1-5-20(15)10-3-4-10/h6-7,9-10,15H,1-5,8,19H2. The van der Waals surface area contributed by atoms with Crippen LogP contribution in [0.25, 0.3) is 0 Å². The second kappa shape index (κ2) is 5.37. The van der Waals surface area contributed by atoms with Crippen molar-refractivity contribution in [2.75, 3.05) is 13.1 Å². The van der Waals surface area contributed by atoms with Gasteiger partial charge in [0.1, 0.15) is 5.82 Å². The zero-order chi connectivity index (χ0) is 14.3. The summed E-state index contributed by atoms with van der Waals surface area (Å²) in [5.41, 5.74) is 6.07. The first-order valence-corrected chi connectivity index (χ1v) is 7.22. The topological polar surface area (TPSA) is 29.3 Å². The largest absolute Gasteiger partial charge is 0.330 e. The monoisotopic (exact) mass is 284 g/mol. The summed E-state index contributed by atoms with van der Waals surface area (Å²) in [6.45, 7) is 1.32. The molecule has 0 radical (unpaired) electrons. The van der Waals surface area contributed by atoms with E-state index in [1.807, 2.05) is 0 Å². The molecule has 1 heterocycles. The van der Waals surface area contributed by atoms with E-state index in [9.17, 15) is 13.2 Å². The van der Waals surface area contributed by atoms with Crippen molar-refractivity contribution in [3.63, 3.8) is 0 Å². The molecule has 110 valence electrons. The molecular weight excluding hydrogens is 265 g/mol. The fourth-order valence-corrected chi connectivity index (χ4v) is 3.36. The van der Waals surface area contributed by atoms with Crippen molar-refractivity contribution in [1.29, 1.82) is 0 Å². The average molecular weight is 284 g/mol. The number of hydrogen-bond acceptors (Lipinski definition) is 2. The first kappa shape index (κ1) is 13.9. The summed E-state index contributed by atoms with van der Waals surface area (Å²) in [5.74, 6) is -2.69. The summed E-state index contributed by atoms with van der Waals surface area (Å²) in [6, 6.07) is 1.88. The lowest BCUT2D eigenvalue weighted by atomic mass is 9.84.